The number of carbonyl (C=O) groups excluding carboxylic acids is 1. The van der Waals surface area contributed by atoms with Gasteiger partial charge in [0.15, 0.2) is 0 Å². The molecule has 0 unspecified atom stereocenters. The first-order chi connectivity index (χ1) is 16.8. The van der Waals surface area contributed by atoms with Crippen molar-refractivity contribution in [1.29, 1.82) is 0 Å². The standard InChI is InChI=1S/C25H30F6N2O3/c1-5-9-32(10-6-2)22-8-7-21(35-3)13-18(22)16-33(23(34)36-4)15-17-11-19(24(26,27)28)14-20(12-17)25(29,30)31/h7-8,11-14H,5-6,9-10,15-16H2,1-4H3. The maximum atomic E-state index is 13.3. The Kier molecular flexibility index (Phi) is 9.89. The lowest BCUT2D eigenvalue weighted by Crippen LogP contribution is -2.32. The fraction of sp³-hybridized carbons (Fsp3) is 0.480. The number of rotatable bonds is 10. The topological polar surface area (TPSA) is 42.0 Å². The van der Waals surface area contributed by atoms with E-state index in [0.717, 1.165) is 30.5 Å². The highest BCUT2D eigenvalue weighted by Gasteiger charge is 2.37. The van der Waals surface area contributed by atoms with Crippen molar-refractivity contribution in [3.05, 3.63) is 58.7 Å². The smallest absolute Gasteiger partial charge is 0.416 e. The summed E-state index contributed by atoms with van der Waals surface area (Å²) in [4.78, 5) is 15.8. The second-order valence-electron chi connectivity index (χ2n) is 8.22. The molecule has 0 heterocycles. The Labute approximate surface area is 206 Å². The molecule has 0 fully saturated rings. The van der Waals surface area contributed by atoms with Crippen LogP contribution in [0.2, 0.25) is 0 Å². The van der Waals surface area contributed by atoms with Crippen molar-refractivity contribution < 1.29 is 40.6 Å². The van der Waals surface area contributed by atoms with Gasteiger partial charge in [-0.05, 0) is 60.4 Å². The van der Waals surface area contributed by atoms with Crippen molar-refractivity contribution >= 4 is 11.8 Å². The van der Waals surface area contributed by atoms with Crippen LogP contribution in [0.5, 0.6) is 5.75 Å². The minimum Gasteiger partial charge on any atom is -0.497 e. The van der Waals surface area contributed by atoms with Crippen LogP contribution in [0.15, 0.2) is 36.4 Å². The Morgan fingerprint density at radius 3 is 1.83 bits per heavy atom. The van der Waals surface area contributed by atoms with Gasteiger partial charge in [-0.25, -0.2) is 4.79 Å². The second-order valence-corrected chi connectivity index (χ2v) is 8.22. The Morgan fingerprint density at radius 2 is 1.39 bits per heavy atom. The van der Waals surface area contributed by atoms with Gasteiger partial charge < -0.3 is 14.4 Å². The van der Waals surface area contributed by atoms with Crippen molar-refractivity contribution in [1.82, 2.24) is 4.90 Å². The Hall–Kier alpha value is -3.11. The highest BCUT2D eigenvalue weighted by molar-refractivity contribution is 5.68. The molecule has 0 aliphatic heterocycles. The number of methoxy groups -OCH3 is 2. The molecular formula is C25H30F6N2O3. The molecule has 0 bridgehead atoms. The first kappa shape index (κ1) is 29.1. The van der Waals surface area contributed by atoms with Gasteiger partial charge in [-0.1, -0.05) is 13.8 Å². The summed E-state index contributed by atoms with van der Waals surface area (Å²) in [6.45, 7) is 4.80. The first-order valence-corrected chi connectivity index (χ1v) is 11.4. The van der Waals surface area contributed by atoms with Crippen molar-refractivity contribution in [2.45, 2.75) is 52.1 Å². The van der Waals surface area contributed by atoms with E-state index in [2.05, 4.69) is 4.90 Å². The molecule has 2 aromatic carbocycles. The molecule has 0 aliphatic carbocycles. The molecule has 200 valence electrons. The van der Waals surface area contributed by atoms with Gasteiger partial charge in [0.2, 0.25) is 0 Å². The molecule has 0 radical (unpaired) electrons. The normalized spacial score (nSPS) is 11.8. The highest BCUT2D eigenvalue weighted by Crippen LogP contribution is 2.37. The maximum absolute atomic E-state index is 13.3. The second kappa shape index (κ2) is 12.2. The number of hydrogen-bond donors (Lipinski definition) is 0. The van der Waals surface area contributed by atoms with E-state index < -0.39 is 36.1 Å². The quantitative estimate of drug-likeness (QED) is 0.313. The average Bonchev–Trinajstić information content (AvgIpc) is 2.81. The van der Waals surface area contributed by atoms with E-state index >= 15 is 0 Å². The molecule has 0 spiro atoms. The predicted octanol–water partition coefficient (Wildman–Crippen LogP) is 7.13. The third-order valence-electron chi connectivity index (χ3n) is 5.43. The predicted molar refractivity (Wildman–Crippen MR) is 124 cm³/mol. The SMILES string of the molecule is CCCN(CCC)c1ccc(OC)cc1CN(Cc1cc(C(F)(F)F)cc(C(F)(F)F)c1)C(=O)OC. The van der Waals surface area contributed by atoms with Crippen LogP contribution in [0, 0.1) is 0 Å². The Bertz CT molecular complexity index is 986. The summed E-state index contributed by atoms with van der Waals surface area (Å²) in [6.07, 6.45) is -9.19. The van der Waals surface area contributed by atoms with Gasteiger partial charge in [0, 0.05) is 25.3 Å². The zero-order chi connectivity index (χ0) is 27.1. The van der Waals surface area contributed by atoms with Crippen LogP contribution in [0.1, 0.15) is 48.9 Å². The minimum absolute atomic E-state index is 0.0551. The third kappa shape index (κ3) is 7.69. The summed E-state index contributed by atoms with van der Waals surface area (Å²) in [5.74, 6) is 0.491. The molecule has 2 aromatic rings. The summed E-state index contributed by atoms with van der Waals surface area (Å²) >= 11 is 0. The average molecular weight is 521 g/mol. The number of anilines is 1. The molecule has 0 saturated heterocycles. The lowest BCUT2D eigenvalue weighted by Gasteiger charge is -2.29. The number of carbonyl (C=O) groups is 1. The van der Waals surface area contributed by atoms with Crippen molar-refractivity contribution in [3.63, 3.8) is 0 Å². The zero-order valence-corrected chi connectivity index (χ0v) is 20.6. The van der Waals surface area contributed by atoms with Crippen molar-refractivity contribution in [3.8, 4) is 5.75 Å². The maximum Gasteiger partial charge on any atom is 0.416 e. The Balaban J connectivity index is 2.54. The minimum atomic E-state index is -4.99. The number of nitrogens with zero attached hydrogens (tertiary/aromatic N) is 2. The van der Waals surface area contributed by atoms with Gasteiger partial charge in [0.25, 0.3) is 0 Å². The van der Waals surface area contributed by atoms with Crippen LogP contribution < -0.4 is 9.64 Å². The van der Waals surface area contributed by atoms with E-state index in [9.17, 15) is 31.1 Å². The fourth-order valence-corrected chi connectivity index (χ4v) is 3.87. The zero-order valence-electron chi connectivity index (χ0n) is 20.6. The van der Waals surface area contributed by atoms with Gasteiger partial charge in [0.05, 0.1) is 31.9 Å². The molecule has 36 heavy (non-hydrogen) atoms. The van der Waals surface area contributed by atoms with Crippen LogP contribution >= 0.6 is 0 Å². The first-order valence-electron chi connectivity index (χ1n) is 11.4. The van der Waals surface area contributed by atoms with Crippen molar-refractivity contribution in [2.24, 2.45) is 0 Å². The van der Waals surface area contributed by atoms with E-state index in [-0.39, 0.29) is 18.2 Å². The van der Waals surface area contributed by atoms with E-state index in [4.69, 9.17) is 9.47 Å². The van der Waals surface area contributed by atoms with E-state index in [1.54, 1.807) is 12.1 Å². The van der Waals surface area contributed by atoms with Gasteiger partial charge in [-0.15, -0.1) is 0 Å². The summed E-state index contributed by atoms with van der Waals surface area (Å²) < 4.78 is 90.0. The van der Waals surface area contributed by atoms with Crippen LogP contribution in [0.25, 0.3) is 0 Å². The molecule has 5 nitrogen and oxygen atoms in total. The largest absolute Gasteiger partial charge is 0.497 e. The molecule has 2 rings (SSSR count). The lowest BCUT2D eigenvalue weighted by molar-refractivity contribution is -0.143. The number of alkyl halides is 6. The number of halogens is 6. The summed E-state index contributed by atoms with van der Waals surface area (Å²) in [7, 11) is 2.56. The molecule has 1 amide bonds. The van der Waals surface area contributed by atoms with E-state index in [1.807, 2.05) is 19.9 Å². The molecule has 0 saturated carbocycles. The third-order valence-corrected chi connectivity index (χ3v) is 5.43. The van der Waals surface area contributed by atoms with Gasteiger partial charge in [-0.3, -0.25) is 4.90 Å². The van der Waals surface area contributed by atoms with Crippen LogP contribution in [-0.4, -0.2) is 38.3 Å². The van der Waals surface area contributed by atoms with E-state index in [0.29, 0.717) is 36.5 Å². The van der Waals surface area contributed by atoms with Crippen LogP contribution in [0.4, 0.5) is 36.8 Å². The van der Waals surface area contributed by atoms with Crippen LogP contribution in [0.3, 0.4) is 0 Å². The number of ether oxygens (including phenoxy) is 2. The Morgan fingerprint density at radius 1 is 0.833 bits per heavy atom. The van der Waals surface area contributed by atoms with Gasteiger partial charge in [0.1, 0.15) is 5.75 Å². The summed E-state index contributed by atoms with van der Waals surface area (Å²) in [5, 5.41) is 0. The molecule has 0 aliphatic rings. The van der Waals surface area contributed by atoms with Crippen molar-refractivity contribution in [2.75, 3.05) is 32.2 Å². The molecular weight excluding hydrogens is 490 g/mol. The monoisotopic (exact) mass is 520 g/mol. The summed E-state index contributed by atoms with van der Waals surface area (Å²) in [5.41, 5.74) is -1.82. The lowest BCUT2D eigenvalue weighted by atomic mass is 10.0. The molecule has 0 atom stereocenters. The summed E-state index contributed by atoms with van der Waals surface area (Å²) in [6, 6.07) is 6.54. The molecule has 0 aromatic heterocycles. The number of amides is 1. The molecule has 0 N–H and O–H groups in total. The van der Waals surface area contributed by atoms with Crippen LogP contribution in [-0.2, 0) is 30.2 Å². The number of hydrogen-bond acceptors (Lipinski definition) is 4. The molecule has 11 heteroatoms. The van der Waals surface area contributed by atoms with Gasteiger partial charge in [-0.2, -0.15) is 26.3 Å². The fourth-order valence-electron chi connectivity index (χ4n) is 3.87. The van der Waals surface area contributed by atoms with E-state index in [1.165, 1.54) is 7.11 Å². The van der Waals surface area contributed by atoms with Gasteiger partial charge >= 0.3 is 18.4 Å². The highest BCUT2D eigenvalue weighted by atomic mass is 19.4. The number of benzene rings is 2.